The molecule has 0 radical (unpaired) electrons. The van der Waals surface area contributed by atoms with Gasteiger partial charge < -0.3 is 15.4 Å². The van der Waals surface area contributed by atoms with E-state index in [4.69, 9.17) is 4.74 Å². The molecule has 0 amide bonds. The van der Waals surface area contributed by atoms with E-state index < -0.39 is 0 Å². The number of aromatic nitrogens is 2. The van der Waals surface area contributed by atoms with Crippen LogP contribution in [0.3, 0.4) is 0 Å². The van der Waals surface area contributed by atoms with Gasteiger partial charge >= 0.3 is 0 Å². The number of halogens is 1. The Morgan fingerprint density at radius 2 is 2.00 bits per heavy atom. The summed E-state index contributed by atoms with van der Waals surface area (Å²) in [5, 5.41) is 6.64. The first-order valence-electron chi connectivity index (χ1n) is 7.43. The Bertz CT molecular complexity index is 627. The van der Waals surface area contributed by atoms with Crippen molar-refractivity contribution in [2.24, 2.45) is 0 Å². The second-order valence-corrected chi connectivity index (χ2v) is 6.25. The lowest BCUT2D eigenvalue weighted by Gasteiger charge is -2.13. The first kappa shape index (κ1) is 15.2. The van der Waals surface area contributed by atoms with Crippen molar-refractivity contribution in [1.82, 2.24) is 9.97 Å². The van der Waals surface area contributed by atoms with E-state index in [0.717, 1.165) is 53.6 Å². The molecule has 1 unspecified atom stereocenters. The molecule has 1 aromatic heterocycles. The van der Waals surface area contributed by atoms with E-state index >= 15 is 0 Å². The van der Waals surface area contributed by atoms with Crippen molar-refractivity contribution in [1.29, 1.82) is 0 Å². The third kappa shape index (κ3) is 4.18. The Hall–Kier alpha value is -1.66. The summed E-state index contributed by atoms with van der Waals surface area (Å²) in [6.45, 7) is 3.55. The molecule has 0 saturated carbocycles. The van der Waals surface area contributed by atoms with Gasteiger partial charge in [-0.25, -0.2) is 9.97 Å². The minimum Gasteiger partial charge on any atom is -0.376 e. The van der Waals surface area contributed by atoms with Crippen molar-refractivity contribution < 1.29 is 4.74 Å². The van der Waals surface area contributed by atoms with E-state index in [1.54, 1.807) is 0 Å². The van der Waals surface area contributed by atoms with Crippen LogP contribution in [-0.2, 0) is 4.74 Å². The number of aryl methyl sites for hydroxylation is 1. The smallest absolute Gasteiger partial charge is 0.136 e. The largest absolute Gasteiger partial charge is 0.376 e. The van der Waals surface area contributed by atoms with E-state index in [1.807, 2.05) is 37.3 Å². The summed E-state index contributed by atoms with van der Waals surface area (Å²) in [4.78, 5) is 8.85. The van der Waals surface area contributed by atoms with Crippen LogP contribution in [0.5, 0.6) is 0 Å². The quantitative estimate of drug-likeness (QED) is 0.844. The van der Waals surface area contributed by atoms with Crippen LogP contribution >= 0.6 is 15.9 Å². The van der Waals surface area contributed by atoms with Crippen molar-refractivity contribution in [2.45, 2.75) is 25.9 Å². The van der Waals surface area contributed by atoms with Crippen LogP contribution in [0.1, 0.15) is 18.7 Å². The van der Waals surface area contributed by atoms with E-state index in [9.17, 15) is 0 Å². The number of benzene rings is 1. The van der Waals surface area contributed by atoms with Gasteiger partial charge in [-0.3, -0.25) is 0 Å². The predicted molar refractivity (Wildman–Crippen MR) is 91.7 cm³/mol. The van der Waals surface area contributed by atoms with Gasteiger partial charge in [-0.2, -0.15) is 0 Å². The molecule has 2 heterocycles. The summed E-state index contributed by atoms with van der Waals surface area (Å²) < 4.78 is 6.67. The highest BCUT2D eigenvalue weighted by atomic mass is 79.9. The maximum atomic E-state index is 5.62. The molecule has 6 heteroatoms. The first-order valence-corrected chi connectivity index (χ1v) is 8.22. The first-order chi connectivity index (χ1) is 10.7. The van der Waals surface area contributed by atoms with Crippen molar-refractivity contribution in [2.75, 3.05) is 23.8 Å². The molecular weight excluding hydrogens is 344 g/mol. The fraction of sp³-hybridized carbons (Fsp3) is 0.375. The number of hydrogen-bond donors (Lipinski definition) is 2. The van der Waals surface area contributed by atoms with Crippen molar-refractivity contribution >= 4 is 33.3 Å². The summed E-state index contributed by atoms with van der Waals surface area (Å²) in [7, 11) is 0. The molecule has 1 saturated heterocycles. The monoisotopic (exact) mass is 362 g/mol. The fourth-order valence-electron chi connectivity index (χ4n) is 2.43. The third-order valence-electron chi connectivity index (χ3n) is 3.49. The third-order valence-corrected chi connectivity index (χ3v) is 4.02. The average molecular weight is 363 g/mol. The molecule has 2 aromatic rings. The lowest BCUT2D eigenvalue weighted by molar-refractivity contribution is 0.120. The van der Waals surface area contributed by atoms with Crippen molar-refractivity contribution in [3.8, 4) is 0 Å². The number of hydrogen-bond acceptors (Lipinski definition) is 5. The Morgan fingerprint density at radius 3 is 2.73 bits per heavy atom. The van der Waals surface area contributed by atoms with Crippen LogP contribution in [-0.4, -0.2) is 29.2 Å². The van der Waals surface area contributed by atoms with Gasteiger partial charge in [-0.1, -0.05) is 15.9 Å². The molecule has 1 aromatic carbocycles. The molecule has 5 nitrogen and oxygen atoms in total. The molecule has 0 aliphatic carbocycles. The molecular formula is C16H19BrN4O. The van der Waals surface area contributed by atoms with Gasteiger partial charge in [0.2, 0.25) is 0 Å². The van der Waals surface area contributed by atoms with Crippen LogP contribution in [0.4, 0.5) is 17.3 Å². The van der Waals surface area contributed by atoms with Gasteiger partial charge in [0.15, 0.2) is 0 Å². The lowest BCUT2D eigenvalue weighted by atomic mass is 10.2. The highest BCUT2D eigenvalue weighted by Crippen LogP contribution is 2.20. The molecule has 2 N–H and O–H groups in total. The normalized spacial score (nSPS) is 17.5. The SMILES string of the molecule is Cc1nc(NCC2CCCO2)cc(Nc2ccc(Br)cc2)n1. The Labute approximate surface area is 138 Å². The van der Waals surface area contributed by atoms with Crippen molar-refractivity contribution in [3.63, 3.8) is 0 Å². The fourth-order valence-corrected chi connectivity index (χ4v) is 2.69. The summed E-state index contributed by atoms with van der Waals surface area (Å²) in [6, 6.07) is 9.91. The Kier molecular flexibility index (Phi) is 4.90. The molecule has 1 fully saturated rings. The molecule has 116 valence electrons. The predicted octanol–water partition coefficient (Wildman–Crippen LogP) is 3.88. The van der Waals surface area contributed by atoms with Crippen LogP contribution in [0, 0.1) is 6.92 Å². The Balaban J connectivity index is 1.67. The Morgan fingerprint density at radius 1 is 1.23 bits per heavy atom. The van der Waals surface area contributed by atoms with Gasteiger partial charge in [0, 0.05) is 29.4 Å². The number of anilines is 3. The van der Waals surface area contributed by atoms with Crippen molar-refractivity contribution in [3.05, 3.63) is 40.6 Å². The van der Waals surface area contributed by atoms with Crippen LogP contribution in [0.2, 0.25) is 0 Å². The molecule has 1 aliphatic rings. The van der Waals surface area contributed by atoms with Gasteiger partial charge in [-0.05, 0) is 44.0 Å². The van der Waals surface area contributed by atoms with E-state index in [0.29, 0.717) is 0 Å². The second kappa shape index (κ2) is 7.07. The van der Waals surface area contributed by atoms with Gasteiger partial charge in [0.1, 0.15) is 17.5 Å². The molecule has 1 aliphatic heterocycles. The van der Waals surface area contributed by atoms with Gasteiger partial charge in [0.25, 0.3) is 0 Å². The van der Waals surface area contributed by atoms with E-state index in [1.165, 1.54) is 0 Å². The highest BCUT2D eigenvalue weighted by Gasteiger charge is 2.15. The standard InChI is InChI=1S/C16H19BrN4O/c1-11-19-15(18-10-14-3-2-8-22-14)9-16(20-11)21-13-6-4-12(17)5-7-13/h4-7,9,14H,2-3,8,10H2,1H3,(H2,18,19,20,21). The zero-order chi connectivity index (χ0) is 15.4. The van der Waals surface area contributed by atoms with Gasteiger partial charge in [-0.15, -0.1) is 0 Å². The minimum atomic E-state index is 0.290. The second-order valence-electron chi connectivity index (χ2n) is 5.33. The molecule has 22 heavy (non-hydrogen) atoms. The minimum absolute atomic E-state index is 0.290. The topological polar surface area (TPSA) is 59.1 Å². The molecule has 1 atom stereocenters. The lowest BCUT2D eigenvalue weighted by Crippen LogP contribution is -2.19. The maximum absolute atomic E-state index is 5.62. The van der Waals surface area contributed by atoms with E-state index in [-0.39, 0.29) is 6.10 Å². The van der Waals surface area contributed by atoms with Crippen LogP contribution < -0.4 is 10.6 Å². The summed E-state index contributed by atoms with van der Waals surface area (Å²) >= 11 is 3.43. The molecule has 0 spiro atoms. The number of nitrogens with one attached hydrogen (secondary N) is 2. The number of rotatable bonds is 5. The molecule has 0 bridgehead atoms. The van der Waals surface area contributed by atoms with Crippen LogP contribution in [0.15, 0.2) is 34.8 Å². The number of ether oxygens (including phenoxy) is 1. The molecule has 3 rings (SSSR count). The van der Waals surface area contributed by atoms with E-state index in [2.05, 4.69) is 36.5 Å². The van der Waals surface area contributed by atoms with Crippen LogP contribution in [0.25, 0.3) is 0 Å². The summed E-state index contributed by atoms with van der Waals surface area (Å²) in [6.07, 6.45) is 2.55. The zero-order valence-electron chi connectivity index (χ0n) is 12.5. The maximum Gasteiger partial charge on any atom is 0.136 e. The van der Waals surface area contributed by atoms with Gasteiger partial charge in [0.05, 0.1) is 6.10 Å². The highest BCUT2D eigenvalue weighted by molar-refractivity contribution is 9.10. The number of nitrogens with zero attached hydrogens (tertiary/aromatic N) is 2. The summed E-state index contributed by atoms with van der Waals surface area (Å²) in [5.41, 5.74) is 0.992. The zero-order valence-corrected chi connectivity index (χ0v) is 14.1. The summed E-state index contributed by atoms with van der Waals surface area (Å²) in [5.74, 6) is 2.34. The average Bonchev–Trinajstić information content (AvgIpc) is 3.00.